The maximum Gasteiger partial charge on any atom is 0.326 e. The van der Waals surface area contributed by atoms with E-state index < -0.39 is 54.5 Å². The third-order valence-corrected chi connectivity index (χ3v) is 5.59. The number of thioether (sulfide) groups is 1. The van der Waals surface area contributed by atoms with Gasteiger partial charge in [-0.2, -0.15) is 11.8 Å². The van der Waals surface area contributed by atoms with Gasteiger partial charge in [0.15, 0.2) is 5.96 Å². The quantitative estimate of drug-likeness (QED) is 0.0545. The molecule has 0 saturated carbocycles. The molecule has 4 unspecified atom stereocenters. The van der Waals surface area contributed by atoms with Crippen LogP contribution in [0.5, 0.6) is 0 Å². The third kappa shape index (κ3) is 11.4. The molecule has 0 fully saturated rings. The first kappa shape index (κ1) is 30.7. The number of imidazole rings is 1. The standard InChI is InChI=1S/C20H35N9O6S/c1-36-6-4-13(27-16(31)12(21)7-11-8-24-10-26-11)17(32)29-15(9-30)18(33)28-14(19(34)35)3-2-5-25-20(22)23/h8,10,12-15,30H,2-7,9,21H2,1H3,(H,24,26)(H,27,31)(H,28,33)(H,29,32)(H,34,35)(H4,22,23,25). The number of carboxylic acid groups (broad SMARTS) is 1. The summed E-state index contributed by atoms with van der Waals surface area (Å²) in [7, 11) is 0. The first-order valence-electron chi connectivity index (χ1n) is 11.1. The van der Waals surface area contributed by atoms with Crippen molar-refractivity contribution in [1.82, 2.24) is 25.9 Å². The van der Waals surface area contributed by atoms with Gasteiger partial charge in [0.05, 0.1) is 19.0 Å². The molecule has 0 spiro atoms. The van der Waals surface area contributed by atoms with Crippen LogP contribution in [-0.2, 0) is 25.6 Å². The number of aliphatic hydroxyl groups is 1. The molecule has 3 amide bonds. The van der Waals surface area contributed by atoms with Crippen LogP contribution in [0.25, 0.3) is 0 Å². The zero-order valence-electron chi connectivity index (χ0n) is 20.0. The summed E-state index contributed by atoms with van der Waals surface area (Å²) < 4.78 is 0. The van der Waals surface area contributed by atoms with E-state index >= 15 is 0 Å². The van der Waals surface area contributed by atoms with Gasteiger partial charge in [-0.25, -0.2) is 9.78 Å². The van der Waals surface area contributed by atoms with Crippen LogP contribution in [0.15, 0.2) is 17.5 Å². The summed E-state index contributed by atoms with van der Waals surface area (Å²) in [5.74, 6) is -3.12. The highest BCUT2D eigenvalue weighted by molar-refractivity contribution is 7.98. The highest BCUT2D eigenvalue weighted by Crippen LogP contribution is 2.05. The number of carbonyl (C=O) groups is 4. The van der Waals surface area contributed by atoms with E-state index in [2.05, 4.69) is 30.9 Å². The number of nitrogens with one attached hydrogen (secondary N) is 4. The third-order valence-electron chi connectivity index (χ3n) is 4.95. The van der Waals surface area contributed by atoms with Crippen LogP contribution >= 0.6 is 11.8 Å². The topological polar surface area (TPSA) is 264 Å². The lowest BCUT2D eigenvalue weighted by atomic mass is 10.1. The maximum absolute atomic E-state index is 12.9. The van der Waals surface area contributed by atoms with Gasteiger partial charge in [0.1, 0.15) is 18.1 Å². The van der Waals surface area contributed by atoms with Gasteiger partial charge in [-0.05, 0) is 31.3 Å². The zero-order chi connectivity index (χ0) is 27.1. The fourth-order valence-electron chi connectivity index (χ4n) is 3.01. The number of hydrogen-bond acceptors (Lipinski definition) is 9. The van der Waals surface area contributed by atoms with Crippen LogP contribution < -0.4 is 33.2 Å². The van der Waals surface area contributed by atoms with Crippen LogP contribution in [-0.4, -0.2) is 99.2 Å². The van der Waals surface area contributed by atoms with E-state index in [0.717, 1.165) is 0 Å². The first-order valence-corrected chi connectivity index (χ1v) is 12.5. The molecule has 0 aliphatic heterocycles. The molecule has 1 aromatic rings. The molecule has 0 aliphatic carbocycles. The molecular formula is C20H35N9O6S. The summed E-state index contributed by atoms with van der Waals surface area (Å²) in [4.78, 5) is 59.9. The molecule has 0 aliphatic rings. The summed E-state index contributed by atoms with van der Waals surface area (Å²) in [5.41, 5.74) is 17.0. The van der Waals surface area contributed by atoms with Crippen molar-refractivity contribution in [3.63, 3.8) is 0 Å². The molecule has 0 radical (unpaired) electrons. The predicted molar refractivity (Wildman–Crippen MR) is 134 cm³/mol. The van der Waals surface area contributed by atoms with Gasteiger partial charge in [-0.3, -0.25) is 19.4 Å². The molecule has 1 heterocycles. The number of aromatic amines is 1. The molecule has 0 saturated heterocycles. The molecule has 0 aromatic carbocycles. The van der Waals surface area contributed by atoms with Gasteiger partial charge >= 0.3 is 5.97 Å². The van der Waals surface area contributed by atoms with Crippen molar-refractivity contribution >= 4 is 41.4 Å². The summed E-state index contributed by atoms with van der Waals surface area (Å²) in [6.45, 7) is -0.623. The van der Waals surface area contributed by atoms with E-state index in [-0.39, 0.29) is 38.2 Å². The number of aliphatic imine (C=N–C) groups is 1. The van der Waals surface area contributed by atoms with Crippen molar-refractivity contribution in [1.29, 1.82) is 0 Å². The Bertz CT molecular complexity index is 879. The summed E-state index contributed by atoms with van der Waals surface area (Å²) in [5, 5.41) is 26.2. The summed E-state index contributed by atoms with van der Waals surface area (Å²) >= 11 is 1.45. The second-order valence-electron chi connectivity index (χ2n) is 7.82. The minimum absolute atomic E-state index is 0.0184. The number of guanidine groups is 1. The number of nitrogens with two attached hydrogens (primary N) is 3. The number of H-pyrrole nitrogens is 1. The lowest BCUT2D eigenvalue weighted by Gasteiger charge is -2.24. The van der Waals surface area contributed by atoms with Gasteiger partial charge in [0, 0.05) is 24.9 Å². The Morgan fingerprint density at radius 3 is 2.28 bits per heavy atom. The molecule has 36 heavy (non-hydrogen) atoms. The van der Waals surface area contributed by atoms with Crippen molar-refractivity contribution in [2.24, 2.45) is 22.2 Å². The Morgan fingerprint density at radius 2 is 1.72 bits per heavy atom. The van der Waals surface area contributed by atoms with Gasteiger partial charge in [0.25, 0.3) is 0 Å². The molecule has 4 atom stereocenters. The Balaban J connectivity index is 2.76. The molecule has 202 valence electrons. The van der Waals surface area contributed by atoms with Crippen molar-refractivity contribution in [2.45, 2.75) is 49.9 Å². The number of aromatic nitrogens is 2. The Hall–Kier alpha value is -3.37. The molecular weight excluding hydrogens is 494 g/mol. The van der Waals surface area contributed by atoms with Crippen LogP contribution in [0.4, 0.5) is 0 Å². The number of aliphatic carboxylic acids is 1. The number of aliphatic hydroxyl groups excluding tert-OH is 1. The fraction of sp³-hybridized carbons (Fsp3) is 0.600. The van der Waals surface area contributed by atoms with Gasteiger partial charge in [-0.1, -0.05) is 0 Å². The fourth-order valence-corrected chi connectivity index (χ4v) is 3.48. The Kier molecular flexibility index (Phi) is 13.9. The van der Waals surface area contributed by atoms with E-state index in [4.69, 9.17) is 17.2 Å². The SMILES string of the molecule is CSCCC(NC(=O)C(N)Cc1cnc[nH]1)C(=O)NC(CO)C(=O)NC(CCCN=C(N)N)C(=O)O. The van der Waals surface area contributed by atoms with Crippen LogP contribution in [0.2, 0.25) is 0 Å². The molecule has 12 N–H and O–H groups in total. The number of carbonyl (C=O) groups excluding carboxylic acids is 3. The largest absolute Gasteiger partial charge is 0.480 e. The van der Waals surface area contributed by atoms with Gasteiger partial charge in [0.2, 0.25) is 17.7 Å². The molecule has 16 heteroatoms. The van der Waals surface area contributed by atoms with Crippen molar-refractivity contribution in [3.8, 4) is 0 Å². The smallest absolute Gasteiger partial charge is 0.326 e. The number of rotatable bonds is 17. The minimum Gasteiger partial charge on any atom is -0.480 e. The maximum atomic E-state index is 12.9. The number of nitrogens with zero attached hydrogens (tertiary/aromatic N) is 2. The monoisotopic (exact) mass is 529 g/mol. The Morgan fingerprint density at radius 1 is 1.08 bits per heavy atom. The second kappa shape index (κ2) is 16.3. The van der Waals surface area contributed by atoms with Gasteiger partial charge < -0.3 is 48.3 Å². The molecule has 1 rings (SSSR count). The summed E-state index contributed by atoms with van der Waals surface area (Å²) in [6.07, 6.45) is 5.50. The van der Waals surface area contributed by atoms with Crippen molar-refractivity contribution in [2.75, 3.05) is 25.2 Å². The van der Waals surface area contributed by atoms with Crippen LogP contribution in [0.3, 0.4) is 0 Å². The van der Waals surface area contributed by atoms with E-state index in [1.807, 2.05) is 6.26 Å². The van der Waals surface area contributed by atoms with E-state index in [1.54, 1.807) is 0 Å². The average Bonchev–Trinajstić information content (AvgIpc) is 3.34. The average molecular weight is 530 g/mol. The number of hydrogen-bond donors (Lipinski definition) is 9. The highest BCUT2D eigenvalue weighted by atomic mass is 32.2. The first-order chi connectivity index (χ1) is 17.1. The lowest BCUT2D eigenvalue weighted by Crippen LogP contribution is -2.58. The molecule has 0 bridgehead atoms. The van der Waals surface area contributed by atoms with E-state index in [0.29, 0.717) is 11.4 Å². The predicted octanol–water partition coefficient (Wildman–Crippen LogP) is -3.38. The second-order valence-corrected chi connectivity index (χ2v) is 8.81. The number of carboxylic acids is 1. The molecule has 1 aromatic heterocycles. The van der Waals surface area contributed by atoms with E-state index in [1.165, 1.54) is 24.3 Å². The van der Waals surface area contributed by atoms with Crippen LogP contribution in [0, 0.1) is 0 Å². The van der Waals surface area contributed by atoms with Crippen molar-refractivity contribution < 1.29 is 29.4 Å². The number of amides is 3. The lowest BCUT2D eigenvalue weighted by molar-refractivity contribution is -0.142. The Labute approximate surface area is 212 Å². The molecule has 15 nitrogen and oxygen atoms in total. The van der Waals surface area contributed by atoms with E-state index in [9.17, 15) is 29.4 Å². The highest BCUT2D eigenvalue weighted by Gasteiger charge is 2.30. The normalized spacial score (nSPS) is 14.1. The zero-order valence-corrected chi connectivity index (χ0v) is 20.8. The summed E-state index contributed by atoms with van der Waals surface area (Å²) in [6, 6.07) is -4.72. The minimum atomic E-state index is -1.44. The van der Waals surface area contributed by atoms with Crippen LogP contribution in [0.1, 0.15) is 25.0 Å². The van der Waals surface area contributed by atoms with Gasteiger partial charge in [-0.15, -0.1) is 0 Å². The van der Waals surface area contributed by atoms with Crippen molar-refractivity contribution in [3.05, 3.63) is 18.2 Å².